The lowest BCUT2D eigenvalue weighted by Crippen LogP contribution is -2.52. The zero-order chi connectivity index (χ0) is 18.6. The molecule has 3 heterocycles. The fourth-order valence-electron chi connectivity index (χ4n) is 2.82. The molecule has 11 heteroatoms. The van der Waals surface area contributed by atoms with Crippen LogP contribution in [-0.2, 0) is 14.8 Å². The number of rotatable bonds is 2. The smallest absolute Gasteiger partial charge is 0.252 e. The number of nitrogens with one attached hydrogen (secondary N) is 1. The number of likely N-dealkylation sites (N-methyl/N-ethyl adjacent to an activating group) is 1. The van der Waals surface area contributed by atoms with E-state index in [0.717, 1.165) is 27.0 Å². The quantitative estimate of drug-likeness (QED) is 0.649. The molecule has 0 spiro atoms. The Morgan fingerprint density at radius 2 is 1.96 bits per heavy atom. The normalized spacial score (nSPS) is 19.5. The molecule has 1 unspecified atom stereocenters. The molecule has 3 aromatic rings. The summed E-state index contributed by atoms with van der Waals surface area (Å²) in [6.07, 6.45) is 0. The van der Waals surface area contributed by atoms with Crippen molar-refractivity contribution < 1.29 is 18.0 Å². The monoisotopic (exact) mass is 408 g/mol. The topological polar surface area (TPSA) is 109 Å². The third kappa shape index (κ3) is 2.47. The van der Waals surface area contributed by atoms with E-state index in [2.05, 4.69) is 15.5 Å². The number of carbonyl (C=O) groups excluding carboxylic acids is 2. The summed E-state index contributed by atoms with van der Waals surface area (Å²) < 4.78 is 27.4. The van der Waals surface area contributed by atoms with Gasteiger partial charge in [-0.1, -0.05) is 29.5 Å². The molecule has 2 aromatic heterocycles. The molecule has 1 aromatic carbocycles. The predicted octanol–water partition coefficient (Wildman–Crippen LogP) is 1.89. The largest absolute Gasteiger partial charge is 0.299 e. The molecule has 26 heavy (non-hydrogen) atoms. The van der Waals surface area contributed by atoms with Gasteiger partial charge in [0.05, 0.1) is 4.88 Å². The Morgan fingerprint density at radius 3 is 2.65 bits per heavy atom. The molecule has 1 aliphatic rings. The number of anilines is 1. The maximum atomic E-state index is 13.0. The van der Waals surface area contributed by atoms with Gasteiger partial charge in [0.1, 0.15) is 9.90 Å². The first-order chi connectivity index (χ1) is 12.3. The standard InChI is InChI=1S/C15H12N4O4S3/c1-7-17-18-15(24-7)16-14(21)10-11(20)12-13(26(22,23)19(10)2)8-5-3-4-6-9(8)25-12/h3-6,10H,1-2H3,(H,16,18,21). The Hall–Kier alpha value is -2.21. The van der Waals surface area contributed by atoms with Crippen molar-refractivity contribution in [2.45, 2.75) is 17.9 Å². The molecule has 4 rings (SSSR count). The number of sulfonamides is 1. The van der Waals surface area contributed by atoms with Crippen molar-refractivity contribution in [3.8, 4) is 0 Å². The molecule has 0 aliphatic carbocycles. The Labute approximate surface area is 156 Å². The minimum Gasteiger partial charge on any atom is -0.299 e. The highest BCUT2D eigenvalue weighted by atomic mass is 32.2. The number of hydrogen-bond acceptors (Lipinski definition) is 8. The van der Waals surface area contributed by atoms with Crippen LogP contribution in [0.4, 0.5) is 5.13 Å². The van der Waals surface area contributed by atoms with Crippen molar-refractivity contribution in [3.63, 3.8) is 0 Å². The van der Waals surface area contributed by atoms with E-state index >= 15 is 0 Å². The van der Waals surface area contributed by atoms with Crippen LogP contribution < -0.4 is 5.32 Å². The van der Waals surface area contributed by atoms with Gasteiger partial charge in [-0.2, -0.15) is 4.31 Å². The lowest BCUT2D eigenvalue weighted by atomic mass is 10.1. The summed E-state index contributed by atoms with van der Waals surface area (Å²) in [6, 6.07) is 5.41. The van der Waals surface area contributed by atoms with Crippen LogP contribution in [0.5, 0.6) is 0 Å². The Kier molecular flexibility index (Phi) is 3.91. The molecule has 134 valence electrons. The van der Waals surface area contributed by atoms with Gasteiger partial charge in [-0.3, -0.25) is 14.9 Å². The van der Waals surface area contributed by atoms with Gasteiger partial charge in [-0.25, -0.2) is 8.42 Å². The van der Waals surface area contributed by atoms with Crippen LogP contribution in [0.25, 0.3) is 10.1 Å². The number of ketones is 1. The molecule has 1 N–H and O–H groups in total. The van der Waals surface area contributed by atoms with E-state index in [1.807, 2.05) is 0 Å². The van der Waals surface area contributed by atoms with Gasteiger partial charge in [-0.15, -0.1) is 21.5 Å². The number of thiophene rings is 1. The van der Waals surface area contributed by atoms with Crippen LogP contribution in [0, 0.1) is 6.92 Å². The molecule has 1 atom stereocenters. The molecular weight excluding hydrogens is 396 g/mol. The average molecular weight is 408 g/mol. The Morgan fingerprint density at radius 1 is 1.23 bits per heavy atom. The highest BCUT2D eigenvalue weighted by molar-refractivity contribution is 7.89. The molecule has 0 radical (unpaired) electrons. The van der Waals surface area contributed by atoms with Crippen LogP contribution >= 0.6 is 22.7 Å². The van der Waals surface area contributed by atoms with Gasteiger partial charge in [0.2, 0.25) is 20.9 Å². The molecule has 0 bridgehead atoms. The third-order valence-corrected chi connectivity index (χ3v) is 8.00. The molecule has 0 fully saturated rings. The van der Waals surface area contributed by atoms with Crippen LogP contribution in [-0.4, -0.2) is 47.7 Å². The van der Waals surface area contributed by atoms with Crippen molar-refractivity contribution in [2.24, 2.45) is 0 Å². The maximum absolute atomic E-state index is 13.0. The minimum absolute atomic E-state index is 0.0265. The zero-order valence-corrected chi connectivity index (χ0v) is 16.0. The van der Waals surface area contributed by atoms with Crippen molar-refractivity contribution in [3.05, 3.63) is 34.2 Å². The van der Waals surface area contributed by atoms with Gasteiger partial charge in [0.25, 0.3) is 5.91 Å². The molecule has 0 saturated heterocycles. The van der Waals surface area contributed by atoms with Crippen molar-refractivity contribution in [2.75, 3.05) is 12.4 Å². The first kappa shape index (κ1) is 17.2. The summed E-state index contributed by atoms with van der Waals surface area (Å²) >= 11 is 2.22. The number of amides is 1. The number of nitrogens with zero attached hydrogens (tertiary/aromatic N) is 3. The van der Waals surface area contributed by atoms with Crippen LogP contribution in [0.2, 0.25) is 0 Å². The maximum Gasteiger partial charge on any atom is 0.252 e. The number of aryl methyl sites for hydroxylation is 1. The third-order valence-electron chi connectivity index (χ3n) is 4.03. The SMILES string of the molecule is Cc1nnc(NC(=O)C2C(=O)c3sc4ccccc4c3S(=O)(=O)N2C)s1. The summed E-state index contributed by atoms with van der Waals surface area (Å²) in [5, 5.41) is 11.4. The number of hydrogen-bond donors (Lipinski definition) is 1. The van der Waals surface area contributed by atoms with Gasteiger partial charge in [0, 0.05) is 17.1 Å². The Bertz CT molecular complexity index is 1160. The fraction of sp³-hybridized carbons (Fsp3) is 0.200. The Balaban J connectivity index is 1.81. The first-order valence-electron chi connectivity index (χ1n) is 7.45. The van der Waals surface area contributed by atoms with E-state index in [0.29, 0.717) is 15.1 Å². The summed E-state index contributed by atoms with van der Waals surface area (Å²) in [6.45, 7) is 1.72. The fourth-order valence-corrected chi connectivity index (χ4v) is 6.53. The van der Waals surface area contributed by atoms with Gasteiger partial charge < -0.3 is 0 Å². The summed E-state index contributed by atoms with van der Waals surface area (Å²) in [5.74, 6) is -1.29. The van der Waals surface area contributed by atoms with Crippen LogP contribution in [0.3, 0.4) is 0 Å². The van der Waals surface area contributed by atoms with Crippen LogP contribution in [0.1, 0.15) is 14.7 Å². The molecule has 1 aliphatic heterocycles. The molecule has 8 nitrogen and oxygen atoms in total. The highest BCUT2D eigenvalue weighted by Crippen LogP contribution is 2.40. The van der Waals surface area contributed by atoms with Crippen LogP contribution in [0.15, 0.2) is 29.2 Å². The van der Waals surface area contributed by atoms with E-state index in [-0.39, 0.29) is 14.9 Å². The predicted molar refractivity (Wildman–Crippen MR) is 98.2 cm³/mol. The van der Waals surface area contributed by atoms with E-state index < -0.39 is 27.8 Å². The van der Waals surface area contributed by atoms with Gasteiger partial charge >= 0.3 is 0 Å². The molecule has 1 amide bonds. The van der Waals surface area contributed by atoms with E-state index in [1.54, 1.807) is 31.2 Å². The van der Waals surface area contributed by atoms with Gasteiger partial charge in [0.15, 0.2) is 6.04 Å². The summed E-state index contributed by atoms with van der Waals surface area (Å²) in [5.41, 5.74) is 0. The second-order valence-corrected chi connectivity index (χ2v) is 9.83. The minimum atomic E-state index is -3.99. The lowest BCUT2D eigenvalue weighted by molar-refractivity contribution is -0.118. The van der Waals surface area contributed by atoms with Crippen molar-refractivity contribution in [1.82, 2.24) is 14.5 Å². The average Bonchev–Trinajstić information content (AvgIpc) is 3.17. The lowest BCUT2D eigenvalue weighted by Gasteiger charge is -2.29. The van der Waals surface area contributed by atoms with Gasteiger partial charge in [-0.05, 0) is 13.0 Å². The number of aromatic nitrogens is 2. The second kappa shape index (κ2) is 5.91. The number of fused-ring (bicyclic) bond motifs is 3. The molecular formula is C15H12N4O4S3. The summed E-state index contributed by atoms with van der Waals surface area (Å²) in [7, 11) is -2.75. The molecule has 0 saturated carbocycles. The summed E-state index contributed by atoms with van der Waals surface area (Å²) in [4.78, 5) is 25.6. The zero-order valence-electron chi connectivity index (χ0n) is 13.6. The van der Waals surface area contributed by atoms with E-state index in [1.165, 1.54) is 7.05 Å². The van der Waals surface area contributed by atoms with Crippen molar-refractivity contribution >= 4 is 59.6 Å². The number of carbonyl (C=O) groups is 2. The van der Waals surface area contributed by atoms with E-state index in [9.17, 15) is 18.0 Å². The van der Waals surface area contributed by atoms with Crippen molar-refractivity contribution in [1.29, 1.82) is 0 Å². The number of benzene rings is 1. The number of Topliss-reactive ketones (excluding diaryl/α,β-unsaturated/α-hetero) is 1. The second-order valence-electron chi connectivity index (χ2n) is 5.66. The van der Waals surface area contributed by atoms with E-state index in [4.69, 9.17) is 0 Å². The highest BCUT2D eigenvalue weighted by Gasteiger charge is 2.47. The first-order valence-corrected chi connectivity index (χ1v) is 10.5.